The zero-order valence-electron chi connectivity index (χ0n) is 9.32. The van der Waals surface area contributed by atoms with E-state index in [1.54, 1.807) is 18.7 Å². The second-order valence-electron chi connectivity index (χ2n) is 4.08. The molecule has 1 aliphatic heterocycles. The van der Waals surface area contributed by atoms with Crippen LogP contribution in [0.3, 0.4) is 0 Å². The molecule has 0 aromatic rings. The van der Waals surface area contributed by atoms with Crippen molar-refractivity contribution in [2.24, 2.45) is 5.73 Å². The van der Waals surface area contributed by atoms with Crippen molar-refractivity contribution in [1.29, 1.82) is 0 Å². The third-order valence-corrected chi connectivity index (χ3v) is 2.70. The van der Waals surface area contributed by atoms with Gasteiger partial charge in [-0.05, 0) is 19.8 Å². The highest BCUT2D eigenvalue weighted by Gasteiger charge is 2.22. The molecule has 86 valence electrons. The highest BCUT2D eigenvalue weighted by Crippen LogP contribution is 2.10. The Morgan fingerprint density at radius 2 is 1.93 bits per heavy atom. The van der Waals surface area contributed by atoms with E-state index in [9.17, 15) is 9.59 Å². The molecule has 0 radical (unpaired) electrons. The van der Waals surface area contributed by atoms with Gasteiger partial charge in [-0.2, -0.15) is 0 Å². The van der Waals surface area contributed by atoms with Gasteiger partial charge in [-0.1, -0.05) is 0 Å². The number of nitrogens with two attached hydrogens (primary N) is 1. The Kier molecular flexibility index (Phi) is 4.08. The van der Waals surface area contributed by atoms with Crippen molar-refractivity contribution in [3.05, 3.63) is 0 Å². The van der Waals surface area contributed by atoms with E-state index in [1.165, 1.54) is 0 Å². The van der Waals surface area contributed by atoms with Gasteiger partial charge in [0.1, 0.15) is 0 Å². The molecule has 0 spiro atoms. The first kappa shape index (κ1) is 12.0. The van der Waals surface area contributed by atoms with E-state index in [0.717, 1.165) is 25.9 Å². The summed E-state index contributed by atoms with van der Waals surface area (Å²) in [7, 11) is 0. The predicted molar refractivity (Wildman–Crippen MR) is 57.1 cm³/mol. The third kappa shape index (κ3) is 3.51. The average Bonchev–Trinajstić information content (AvgIpc) is 2.18. The number of carbonyl (C=O) groups is 2. The highest BCUT2D eigenvalue weighted by molar-refractivity contribution is 5.81. The van der Waals surface area contributed by atoms with Crippen LogP contribution in [0.25, 0.3) is 0 Å². The number of piperidine rings is 1. The smallest absolute Gasteiger partial charge is 0.236 e. The lowest BCUT2D eigenvalue weighted by Crippen LogP contribution is -2.49. The highest BCUT2D eigenvalue weighted by atomic mass is 16.2. The van der Waals surface area contributed by atoms with E-state index >= 15 is 0 Å². The zero-order chi connectivity index (χ0) is 11.4. The summed E-state index contributed by atoms with van der Waals surface area (Å²) in [6, 6.07) is -0.296. The Labute approximate surface area is 90.0 Å². The number of likely N-dealkylation sites (tertiary alicyclic amines) is 1. The van der Waals surface area contributed by atoms with Crippen LogP contribution >= 0.6 is 0 Å². The molecule has 15 heavy (non-hydrogen) atoms. The van der Waals surface area contributed by atoms with Crippen LogP contribution < -0.4 is 11.1 Å². The van der Waals surface area contributed by atoms with Gasteiger partial charge in [-0.25, -0.2) is 0 Å². The van der Waals surface area contributed by atoms with Crippen molar-refractivity contribution in [3.63, 3.8) is 0 Å². The molecule has 0 aromatic carbocycles. The summed E-state index contributed by atoms with van der Waals surface area (Å²) in [6.45, 7) is 4.68. The molecular weight excluding hydrogens is 194 g/mol. The maximum atomic E-state index is 11.3. The largest absolute Gasteiger partial charge is 0.352 e. The molecule has 1 atom stereocenters. The zero-order valence-corrected chi connectivity index (χ0v) is 9.32. The standard InChI is InChI=1S/C10H19N3O2/c1-7(11)10(15)12-9-3-5-13(6-4-9)8(2)14/h7,9H,3-6,11H2,1-2H3,(H,12,15)/t7-/m0/s1. The fourth-order valence-electron chi connectivity index (χ4n) is 1.67. The number of rotatable bonds is 2. The fourth-order valence-corrected chi connectivity index (χ4v) is 1.67. The van der Waals surface area contributed by atoms with Crippen molar-refractivity contribution in [3.8, 4) is 0 Å². The van der Waals surface area contributed by atoms with E-state index in [4.69, 9.17) is 5.73 Å². The quantitative estimate of drug-likeness (QED) is 0.647. The minimum Gasteiger partial charge on any atom is -0.352 e. The molecular formula is C10H19N3O2. The minimum atomic E-state index is -0.462. The molecule has 0 aromatic heterocycles. The van der Waals surface area contributed by atoms with Crippen molar-refractivity contribution >= 4 is 11.8 Å². The Bertz CT molecular complexity index is 245. The van der Waals surface area contributed by atoms with Crippen LogP contribution in [0.15, 0.2) is 0 Å². The van der Waals surface area contributed by atoms with Gasteiger partial charge in [-0.3, -0.25) is 9.59 Å². The number of nitrogens with one attached hydrogen (secondary N) is 1. The Morgan fingerprint density at radius 1 is 1.40 bits per heavy atom. The predicted octanol–water partition coefficient (Wildman–Crippen LogP) is -0.539. The second-order valence-corrected chi connectivity index (χ2v) is 4.08. The van der Waals surface area contributed by atoms with Crippen molar-refractivity contribution in [1.82, 2.24) is 10.2 Å². The molecule has 1 heterocycles. The lowest BCUT2D eigenvalue weighted by molar-refractivity contribution is -0.130. The van der Waals surface area contributed by atoms with Crippen LogP contribution in [0, 0.1) is 0 Å². The number of hydrogen-bond acceptors (Lipinski definition) is 3. The maximum absolute atomic E-state index is 11.3. The maximum Gasteiger partial charge on any atom is 0.236 e. The normalized spacial score (nSPS) is 19.8. The van der Waals surface area contributed by atoms with E-state index in [-0.39, 0.29) is 17.9 Å². The van der Waals surface area contributed by atoms with E-state index in [1.807, 2.05) is 0 Å². The van der Waals surface area contributed by atoms with Crippen LogP contribution in [0.2, 0.25) is 0 Å². The average molecular weight is 213 g/mol. The molecule has 1 saturated heterocycles. The molecule has 2 amide bonds. The summed E-state index contributed by atoms with van der Waals surface area (Å²) >= 11 is 0. The molecule has 0 bridgehead atoms. The van der Waals surface area contributed by atoms with Crippen LogP contribution in [0.1, 0.15) is 26.7 Å². The van der Waals surface area contributed by atoms with Gasteiger partial charge in [0, 0.05) is 26.1 Å². The SMILES string of the molecule is CC(=O)N1CCC(NC(=O)[C@H](C)N)CC1. The molecule has 0 unspecified atom stereocenters. The number of carbonyl (C=O) groups excluding carboxylic acids is 2. The van der Waals surface area contributed by atoms with Gasteiger partial charge in [0.05, 0.1) is 6.04 Å². The van der Waals surface area contributed by atoms with Crippen LogP contribution in [-0.4, -0.2) is 41.9 Å². The van der Waals surface area contributed by atoms with Crippen molar-refractivity contribution < 1.29 is 9.59 Å². The molecule has 1 rings (SSSR count). The van der Waals surface area contributed by atoms with Crippen molar-refractivity contribution in [2.45, 2.75) is 38.8 Å². The number of nitrogens with zero attached hydrogens (tertiary/aromatic N) is 1. The summed E-state index contributed by atoms with van der Waals surface area (Å²) < 4.78 is 0. The number of amides is 2. The summed E-state index contributed by atoms with van der Waals surface area (Å²) in [6.07, 6.45) is 1.64. The first-order valence-electron chi connectivity index (χ1n) is 5.32. The van der Waals surface area contributed by atoms with Crippen LogP contribution in [0.5, 0.6) is 0 Å². The summed E-state index contributed by atoms with van der Waals surface area (Å²) in [5.41, 5.74) is 5.45. The molecule has 0 aliphatic carbocycles. The third-order valence-electron chi connectivity index (χ3n) is 2.70. The lowest BCUT2D eigenvalue weighted by Gasteiger charge is -2.32. The molecule has 5 heteroatoms. The Morgan fingerprint density at radius 3 is 2.33 bits per heavy atom. The number of hydrogen-bond donors (Lipinski definition) is 2. The molecule has 1 fully saturated rings. The summed E-state index contributed by atoms with van der Waals surface area (Å²) in [4.78, 5) is 24.2. The van der Waals surface area contributed by atoms with Crippen molar-refractivity contribution in [2.75, 3.05) is 13.1 Å². The van der Waals surface area contributed by atoms with Gasteiger partial charge >= 0.3 is 0 Å². The summed E-state index contributed by atoms with van der Waals surface area (Å²) in [5, 5.41) is 2.88. The monoisotopic (exact) mass is 213 g/mol. The topological polar surface area (TPSA) is 75.4 Å². The molecule has 5 nitrogen and oxygen atoms in total. The molecule has 1 aliphatic rings. The summed E-state index contributed by atoms with van der Waals surface area (Å²) in [5.74, 6) is -0.0109. The van der Waals surface area contributed by atoms with E-state index < -0.39 is 6.04 Å². The van der Waals surface area contributed by atoms with E-state index in [2.05, 4.69) is 5.32 Å². The first-order chi connectivity index (χ1) is 7.00. The van der Waals surface area contributed by atoms with Crippen LogP contribution in [0.4, 0.5) is 0 Å². The van der Waals surface area contributed by atoms with Gasteiger partial charge in [0.15, 0.2) is 0 Å². The Balaban J connectivity index is 2.32. The van der Waals surface area contributed by atoms with Crippen LogP contribution in [-0.2, 0) is 9.59 Å². The fraction of sp³-hybridized carbons (Fsp3) is 0.800. The Hall–Kier alpha value is -1.10. The van der Waals surface area contributed by atoms with Gasteiger partial charge in [-0.15, -0.1) is 0 Å². The lowest BCUT2D eigenvalue weighted by atomic mass is 10.0. The van der Waals surface area contributed by atoms with E-state index in [0.29, 0.717) is 0 Å². The van der Waals surface area contributed by atoms with Gasteiger partial charge < -0.3 is 16.0 Å². The van der Waals surface area contributed by atoms with Gasteiger partial charge in [0.2, 0.25) is 11.8 Å². The van der Waals surface area contributed by atoms with Gasteiger partial charge in [0.25, 0.3) is 0 Å². The molecule has 3 N–H and O–H groups in total. The second kappa shape index (κ2) is 5.11. The molecule has 0 saturated carbocycles. The minimum absolute atomic E-state index is 0.104. The first-order valence-corrected chi connectivity index (χ1v) is 5.32.